The molecule has 0 atom stereocenters. The van der Waals surface area contributed by atoms with E-state index >= 15 is 0 Å². The molecule has 1 aliphatic heterocycles. The standard InChI is InChI=1S/C24H24FN3O2/c1-16-21(13-18-8-9-20(25)14-22(18)27-16)24(30)26-11-4-7-23(29)28-12-10-17-5-2-3-6-19(17)15-28/h2-3,5-6,8-9,13-14H,4,7,10-12,15H2,1H3,(H,26,30). The third-order valence-electron chi connectivity index (χ3n) is 5.55. The van der Waals surface area contributed by atoms with Gasteiger partial charge in [0.15, 0.2) is 0 Å². The number of hydrogen-bond donors (Lipinski definition) is 1. The van der Waals surface area contributed by atoms with Gasteiger partial charge in [-0.3, -0.25) is 14.6 Å². The molecule has 3 aromatic rings. The van der Waals surface area contributed by atoms with E-state index in [1.807, 2.05) is 17.0 Å². The molecular weight excluding hydrogens is 381 g/mol. The first kappa shape index (κ1) is 20.0. The molecule has 0 aliphatic carbocycles. The van der Waals surface area contributed by atoms with Gasteiger partial charge >= 0.3 is 0 Å². The lowest BCUT2D eigenvalue weighted by molar-refractivity contribution is -0.132. The fourth-order valence-electron chi connectivity index (χ4n) is 3.87. The molecule has 1 aliphatic rings. The topological polar surface area (TPSA) is 62.3 Å². The van der Waals surface area contributed by atoms with Crippen molar-refractivity contribution in [1.29, 1.82) is 0 Å². The van der Waals surface area contributed by atoms with Gasteiger partial charge < -0.3 is 10.2 Å². The number of fused-ring (bicyclic) bond motifs is 2. The molecule has 2 heterocycles. The molecule has 30 heavy (non-hydrogen) atoms. The van der Waals surface area contributed by atoms with Gasteiger partial charge in [-0.1, -0.05) is 24.3 Å². The van der Waals surface area contributed by atoms with Gasteiger partial charge in [0.25, 0.3) is 5.91 Å². The molecule has 5 nitrogen and oxygen atoms in total. The average Bonchev–Trinajstić information content (AvgIpc) is 2.75. The number of pyridine rings is 1. The highest BCUT2D eigenvalue weighted by molar-refractivity contribution is 5.98. The number of rotatable bonds is 5. The second-order valence-electron chi connectivity index (χ2n) is 7.65. The van der Waals surface area contributed by atoms with E-state index in [1.165, 1.54) is 23.3 Å². The highest BCUT2D eigenvalue weighted by atomic mass is 19.1. The maximum absolute atomic E-state index is 13.4. The molecule has 6 heteroatoms. The zero-order valence-electron chi connectivity index (χ0n) is 17.0. The molecule has 0 spiro atoms. The number of aromatic nitrogens is 1. The Labute approximate surface area is 174 Å². The first-order chi connectivity index (χ1) is 14.5. The van der Waals surface area contributed by atoms with E-state index in [9.17, 15) is 14.0 Å². The van der Waals surface area contributed by atoms with Crippen LogP contribution in [0.2, 0.25) is 0 Å². The number of benzene rings is 2. The highest BCUT2D eigenvalue weighted by Crippen LogP contribution is 2.20. The maximum atomic E-state index is 13.4. The molecule has 1 aromatic heterocycles. The van der Waals surface area contributed by atoms with E-state index in [0.29, 0.717) is 48.1 Å². The Hall–Kier alpha value is -3.28. The molecule has 0 saturated carbocycles. The third-order valence-corrected chi connectivity index (χ3v) is 5.55. The number of nitrogens with one attached hydrogen (secondary N) is 1. The average molecular weight is 405 g/mol. The van der Waals surface area contributed by atoms with E-state index in [2.05, 4.69) is 22.4 Å². The van der Waals surface area contributed by atoms with Crippen LogP contribution in [0.4, 0.5) is 4.39 Å². The van der Waals surface area contributed by atoms with Crippen molar-refractivity contribution in [2.75, 3.05) is 13.1 Å². The van der Waals surface area contributed by atoms with E-state index in [4.69, 9.17) is 0 Å². The Balaban J connectivity index is 1.29. The van der Waals surface area contributed by atoms with Crippen LogP contribution < -0.4 is 5.32 Å². The van der Waals surface area contributed by atoms with Gasteiger partial charge in [-0.2, -0.15) is 0 Å². The Morgan fingerprint density at radius 1 is 1.13 bits per heavy atom. The summed E-state index contributed by atoms with van der Waals surface area (Å²) in [5, 5.41) is 3.58. The molecule has 0 bridgehead atoms. The van der Waals surface area contributed by atoms with Crippen LogP contribution >= 0.6 is 0 Å². The van der Waals surface area contributed by atoms with Gasteiger partial charge in [-0.25, -0.2) is 4.39 Å². The number of nitrogens with zero attached hydrogens (tertiary/aromatic N) is 2. The summed E-state index contributed by atoms with van der Waals surface area (Å²) in [7, 11) is 0. The maximum Gasteiger partial charge on any atom is 0.253 e. The summed E-state index contributed by atoms with van der Waals surface area (Å²) in [4.78, 5) is 31.3. The fourth-order valence-corrected chi connectivity index (χ4v) is 3.87. The number of halogens is 1. The van der Waals surface area contributed by atoms with Crippen molar-refractivity contribution in [3.05, 3.63) is 76.7 Å². The van der Waals surface area contributed by atoms with E-state index in [-0.39, 0.29) is 17.6 Å². The van der Waals surface area contributed by atoms with Crippen molar-refractivity contribution in [3.8, 4) is 0 Å². The number of hydrogen-bond acceptors (Lipinski definition) is 3. The molecular formula is C24H24FN3O2. The fraction of sp³-hybridized carbons (Fsp3) is 0.292. The monoisotopic (exact) mass is 405 g/mol. The zero-order chi connectivity index (χ0) is 21.1. The summed E-state index contributed by atoms with van der Waals surface area (Å²) in [5.41, 5.74) is 4.07. The Bertz CT molecular complexity index is 1110. The minimum absolute atomic E-state index is 0.115. The molecule has 154 valence electrons. The second-order valence-corrected chi connectivity index (χ2v) is 7.65. The quantitative estimate of drug-likeness (QED) is 0.657. The van der Waals surface area contributed by atoms with Crippen LogP contribution in [0.15, 0.2) is 48.5 Å². The van der Waals surface area contributed by atoms with Gasteiger partial charge in [0, 0.05) is 37.5 Å². The summed E-state index contributed by atoms with van der Waals surface area (Å²) < 4.78 is 13.4. The summed E-state index contributed by atoms with van der Waals surface area (Å²) >= 11 is 0. The SMILES string of the molecule is Cc1nc2cc(F)ccc2cc1C(=O)NCCCC(=O)N1CCc2ccccc2C1. The minimum atomic E-state index is -0.353. The summed E-state index contributed by atoms with van der Waals surface area (Å²) in [6.45, 7) is 3.54. The van der Waals surface area contributed by atoms with Crippen molar-refractivity contribution in [3.63, 3.8) is 0 Å². The normalized spacial score (nSPS) is 13.2. The van der Waals surface area contributed by atoms with Gasteiger partial charge in [0.1, 0.15) is 5.82 Å². The molecule has 4 rings (SSSR count). The van der Waals surface area contributed by atoms with Gasteiger partial charge in [-0.15, -0.1) is 0 Å². The summed E-state index contributed by atoms with van der Waals surface area (Å²) in [6.07, 6.45) is 1.86. The van der Waals surface area contributed by atoms with Crippen LogP contribution in [-0.4, -0.2) is 34.8 Å². The van der Waals surface area contributed by atoms with Crippen LogP contribution in [0.5, 0.6) is 0 Å². The van der Waals surface area contributed by atoms with Crippen LogP contribution in [0.25, 0.3) is 10.9 Å². The largest absolute Gasteiger partial charge is 0.352 e. The molecule has 0 radical (unpaired) electrons. The van der Waals surface area contributed by atoms with Crippen molar-refractivity contribution < 1.29 is 14.0 Å². The Kier molecular flexibility index (Phi) is 5.74. The van der Waals surface area contributed by atoms with E-state index < -0.39 is 0 Å². The Morgan fingerprint density at radius 2 is 1.93 bits per heavy atom. The van der Waals surface area contributed by atoms with Crippen LogP contribution in [-0.2, 0) is 17.8 Å². The summed E-state index contributed by atoms with van der Waals surface area (Å²) in [5.74, 6) is -0.469. The molecule has 0 fully saturated rings. The lowest BCUT2D eigenvalue weighted by Gasteiger charge is -2.29. The van der Waals surface area contributed by atoms with Gasteiger partial charge in [0.05, 0.1) is 16.8 Å². The van der Waals surface area contributed by atoms with Crippen LogP contribution in [0, 0.1) is 12.7 Å². The molecule has 0 unspecified atom stereocenters. The first-order valence-corrected chi connectivity index (χ1v) is 10.2. The number of carbonyl (C=O) groups excluding carboxylic acids is 2. The smallest absolute Gasteiger partial charge is 0.253 e. The van der Waals surface area contributed by atoms with Crippen molar-refractivity contribution in [2.24, 2.45) is 0 Å². The minimum Gasteiger partial charge on any atom is -0.352 e. The van der Waals surface area contributed by atoms with E-state index in [1.54, 1.807) is 19.1 Å². The van der Waals surface area contributed by atoms with Crippen LogP contribution in [0.3, 0.4) is 0 Å². The zero-order valence-corrected chi connectivity index (χ0v) is 17.0. The first-order valence-electron chi connectivity index (χ1n) is 10.2. The number of carbonyl (C=O) groups is 2. The number of aryl methyl sites for hydroxylation is 1. The predicted molar refractivity (Wildman–Crippen MR) is 114 cm³/mol. The molecule has 1 N–H and O–H groups in total. The molecule has 2 aromatic carbocycles. The Morgan fingerprint density at radius 3 is 2.77 bits per heavy atom. The lowest BCUT2D eigenvalue weighted by Crippen LogP contribution is -2.36. The van der Waals surface area contributed by atoms with Crippen LogP contribution in [0.1, 0.15) is 40.0 Å². The third kappa shape index (κ3) is 4.32. The second kappa shape index (κ2) is 8.61. The van der Waals surface area contributed by atoms with Crippen molar-refractivity contribution in [1.82, 2.24) is 15.2 Å². The predicted octanol–water partition coefficient (Wildman–Crippen LogP) is 3.78. The van der Waals surface area contributed by atoms with Crippen molar-refractivity contribution >= 4 is 22.7 Å². The van der Waals surface area contributed by atoms with Gasteiger partial charge in [0.2, 0.25) is 5.91 Å². The van der Waals surface area contributed by atoms with Gasteiger partial charge in [-0.05, 0) is 49.1 Å². The molecule has 0 saturated heterocycles. The van der Waals surface area contributed by atoms with E-state index in [0.717, 1.165) is 13.0 Å². The summed E-state index contributed by atoms with van der Waals surface area (Å²) in [6, 6.07) is 14.3. The van der Waals surface area contributed by atoms with Crippen molar-refractivity contribution in [2.45, 2.75) is 32.7 Å². The molecule has 2 amide bonds. The number of amides is 2. The lowest BCUT2D eigenvalue weighted by atomic mass is 9.99. The highest BCUT2D eigenvalue weighted by Gasteiger charge is 2.20.